The van der Waals surface area contributed by atoms with E-state index in [1.165, 1.54) is 0 Å². The first kappa shape index (κ1) is 36.1. The van der Waals surface area contributed by atoms with Gasteiger partial charge in [0, 0.05) is 45.0 Å². The maximum absolute atomic E-state index is 0. The van der Waals surface area contributed by atoms with E-state index in [1.54, 1.807) is 0 Å². The molecular formula is H4CrHgLiNaPb. The molecule has 5 heteroatoms. The summed E-state index contributed by atoms with van der Waals surface area (Å²) in [7, 11) is 0. The second-order valence-corrected chi connectivity index (χ2v) is 0. The van der Waals surface area contributed by atoms with E-state index in [2.05, 4.69) is 0 Å². The third kappa shape index (κ3) is 18.0. The summed E-state index contributed by atoms with van der Waals surface area (Å²) in [4.78, 5) is 0. The van der Waals surface area contributed by atoms with Gasteiger partial charge in [-0.1, -0.05) is 0 Å². The van der Waals surface area contributed by atoms with Gasteiger partial charge in [0.2, 0.25) is 0 Å². The molecule has 0 spiro atoms. The average Bonchev–Trinajstić information content (AvgIpc) is 0. The first-order chi connectivity index (χ1) is 0. The summed E-state index contributed by atoms with van der Waals surface area (Å²) in [5.74, 6) is 0. The Morgan fingerprint density at radius 1 is 1.20 bits per heavy atom. The van der Waals surface area contributed by atoms with Crippen LogP contribution in [0.4, 0.5) is 0 Å². The van der Waals surface area contributed by atoms with Crippen molar-refractivity contribution in [3.63, 3.8) is 0 Å². The van der Waals surface area contributed by atoms with Gasteiger partial charge in [0.25, 0.3) is 0 Å². The Labute approximate surface area is 121 Å². The van der Waals surface area contributed by atoms with Crippen LogP contribution in [0, 0.1) is 0 Å². The van der Waals surface area contributed by atoms with Crippen LogP contribution in [-0.4, -0.2) is 27.3 Å². The van der Waals surface area contributed by atoms with Crippen molar-refractivity contribution in [3.05, 3.63) is 0 Å². The van der Waals surface area contributed by atoms with Gasteiger partial charge >= 0.3 is 75.7 Å². The standard InChI is InChI=1S/Cr.Hg.Li.Na.Pb.4H/q;;2*+1;;;;2*-1. The van der Waals surface area contributed by atoms with Gasteiger partial charge in [0.15, 0.2) is 0 Å². The van der Waals surface area contributed by atoms with E-state index in [-0.39, 0.29) is 124 Å². The minimum absolute atomic E-state index is 0. The molecule has 0 atom stereocenters. The van der Waals surface area contributed by atoms with Crippen LogP contribution in [0.15, 0.2) is 0 Å². The molecule has 0 rings (SSSR count). The maximum atomic E-state index is 0. The Balaban J connectivity index is 0. The van der Waals surface area contributed by atoms with E-state index in [1.807, 2.05) is 0 Å². The van der Waals surface area contributed by atoms with E-state index in [0.29, 0.717) is 0 Å². The summed E-state index contributed by atoms with van der Waals surface area (Å²) >= 11 is 0. The van der Waals surface area contributed by atoms with Crippen molar-refractivity contribution in [1.82, 2.24) is 0 Å². The summed E-state index contributed by atoms with van der Waals surface area (Å²) < 4.78 is 0. The molecule has 0 unspecified atom stereocenters. The Bertz CT molecular complexity index is 17.7. The normalized spacial score (nSPS) is 0. The van der Waals surface area contributed by atoms with Gasteiger partial charge in [-0.2, -0.15) is 0 Å². The van der Waals surface area contributed by atoms with Crippen LogP contribution < -0.4 is 48.4 Å². The summed E-state index contributed by atoms with van der Waals surface area (Å²) in [6, 6.07) is 0. The first-order valence-electron chi connectivity index (χ1n) is 0. The van der Waals surface area contributed by atoms with Crippen molar-refractivity contribution >= 4 is 27.3 Å². The summed E-state index contributed by atoms with van der Waals surface area (Å²) in [6.45, 7) is 0. The molecule has 0 N–H and O–H groups in total. The van der Waals surface area contributed by atoms with E-state index in [9.17, 15) is 0 Å². The second kappa shape index (κ2) is 24.5. The molecule has 0 fully saturated rings. The minimum atomic E-state index is 0. The Morgan fingerprint density at radius 3 is 1.20 bits per heavy atom. The van der Waals surface area contributed by atoms with Crippen molar-refractivity contribution in [3.8, 4) is 0 Å². The Kier molecular flexibility index (Phi) is 177. The Morgan fingerprint density at radius 2 is 1.20 bits per heavy atom. The van der Waals surface area contributed by atoms with Gasteiger partial charge in [0.1, 0.15) is 0 Å². The third-order valence-electron chi connectivity index (χ3n) is 0. The van der Waals surface area contributed by atoms with E-state index in [4.69, 9.17) is 0 Å². The molecule has 0 bridgehead atoms. The first-order valence-corrected chi connectivity index (χ1v) is 0. The van der Waals surface area contributed by atoms with E-state index < -0.39 is 0 Å². The third-order valence-corrected chi connectivity index (χ3v) is 0. The van der Waals surface area contributed by atoms with Gasteiger partial charge in [-0.3, -0.25) is 0 Å². The van der Waals surface area contributed by atoms with Crippen molar-refractivity contribution in [2.24, 2.45) is 0 Å². The molecule has 5 heavy (non-hydrogen) atoms. The van der Waals surface area contributed by atoms with Gasteiger partial charge < -0.3 is 2.85 Å². The molecule has 0 amide bonds. The van der Waals surface area contributed by atoms with Gasteiger partial charge in [0.05, 0.1) is 0 Å². The molecule has 0 saturated heterocycles. The fraction of sp³-hybridized carbons (Fsp3) is 0. The molecule has 0 aromatic carbocycles. The molecule has 0 nitrogen and oxygen atoms in total. The van der Waals surface area contributed by atoms with Crippen LogP contribution in [0.5, 0.6) is 0 Å². The molecule has 18 valence electrons. The zero-order valence-corrected chi connectivity index (χ0v) is 18.1. The quantitative estimate of drug-likeness (QED) is 0.295. The van der Waals surface area contributed by atoms with Gasteiger partial charge in [-0.25, -0.2) is 0 Å². The predicted molar refractivity (Wildman–Crippen MR) is 10.8 cm³/mol. The fourth-order valence-electron chi connectivity index (χ4n) is 0. The molecule has 0 aliphatic heterocycles. The van der Waals surface area contributed by atoms with Crippen molar-refractivity contribution in [2.45, 2.75) is 0 Å². The topological polar surface area (TPSA) is 0 Å². The SMILES string of the molecule is [Cr].[H-].[H-].[Hg].[Li+].[Na+].[PbH2]. The summed E-state index contributed by atoms with van der Waals surface area (Å²) in [6.07, 6.45) is 0. The van der Waals surface area contributed by atoms with Crippen molar-refractivity contribution in [2.75, 3.05) is 0 Å². The molecule has 0 saturated carbocycles. The zero-order valence-electron chi connectivity index (χ0n) is 5.82. The van der Waals surface area contributed by atoms with Crippen LogP contribution in [0.2, 0.25) is 0 Å². The van der Waals surface area contributed by atoms with E-state index >= 15 is 0 Å². The molecule has 0 aliphatic rings. The fourth-order valence-corrected chi connectivity index (χ4v) is 0. The molecule has 2 radical (unpaired) electrons. The molecular weight excluding hydrogens is 490 g/mol. The van der Waals surface area contributed by atoms with Crippen LogP contribution >= 0.6 is 0 Å². The van der Waals surface area contributed by atoms with Crippen LogP contribution in [-0.2, 0) is 45.0 Å². The second-order valence-electron chi connectivity index (χ2n) is 0. The van der Waals surface area contributed by atoms with Gasteiger partial charge in [-0.05, 0) is 0 Å². The molecule has 0 aromatic heterocycles. The monoisotopic (exact) mass is 496 g/mol. The van der Waals surface area contributed by atoms with Crippen LogP contribution in [0.25, 0.3) is 0 Å². The number of rotatable bonds is 0. The summed E-state index contributed by atoms with van der Waals surface area (Å²) in [5, 5.41) is 0. The molecule has 0 aromatic rings. The molecule has 0 aliphatic carbocycles. The Hall–Kier alpha value is 3.99. The zero-order chi connectivity index (χ0) is 0. The molecule has 0 heterocycles. The van der Waals surface area contributed by atoms with Crippen LogP contribution in [0.1, 0.15) is 2.85 Å². The van der Waals surface area contributed by atoms with E-state index in [0.717, 1.165) is 0 Å². The van der Waals surface area contributed by atoms with Crippen molar-refractivity contribution < 1.29 is 96.3 Å². The predicted octanol–water partition coefficient (Wildman–Crippen LogP) is -6.69. The summed E-state index contributed by atoms with van der Waals surface area (Å²) in [5.41, 5.74) is 0. The van der Waals surface area contributed by atoms with Crippen molar-refractivity contribution in [1.29, 1.82) is 0 Å². The number of hydrogen-bond acceptors (Lipinski definition) is 0. The van der Waals surface area contributed by atoms with Gasteiger partial charge in [-0.15, -0.1) is 0 Å². The van der Waals surface area contributed by atoms with Crippen LogP contribution in [0.3, 0.4) is 0 Å². The number of hydrogen-bond donors (Lipinski definition) is 0. The average molecular weight is 494 g/mol.